The van der Waals surface area contributed by atoms with E-state index in [2.05, 4.69) is 20.9 Å². The number of rotatable bonds is 5. The molecule has 15 heavy (non-hydrogen) atoms. The van der Waals surface area contributed by atoms with Crippen LogP contribution in [-0.2, 0) is 4.74 Å². The van der Waals surface area contributed by atoms with Crippen molar-refractivity contribution in [2.45, 2.75) is 12.5 Å². The summed E-state index contributed by atoms with van der Waals surface area (Å²) in [7, 11) is 1.71. The molecule has 82 valence electrons. The van der Waals surface area contributed by atoms with Crippen molar-refractivity contribution in [3.05, 3.63) is 35.9 Å². The maximum absolute atomic E-state index is 5.36. The van der Waals surface area contributed by atoms with E-state index in [0.29, 0.717) is 6.54 Å². The molecule has 1 aromatic carbocycles. The Morgan fingerprint density at radius 3 is 2.60 bits per heavy atom. The van der Waals surface area contributed by atoms with Crippen molar-refractivity contribution in [2.24, 2.45) is 4.99 Å². The molecular weight excluding hydrogens is 254 g/mol. The lowest BCUT2D eigenvalue weighted by molar-refractivity contribution is 0.0366. The average molecular weight is 270 g/mol. The first-order valence-corrected chi connectivity index (χ1v) is 5.98. The number of benzene rings is 1. The predicted octanol–water partition coefficient (Wildman–Crippen LogP) is 2.91. The van der Waals surface area contributed by atoms with Crippen LogP contribution in [-0.4, -0.2) is 30.8 Å². The van der Waals surface area contributed by atoms with Gasteiger partial charge in [0.1, 0.15) is 0 Å². The van der Waals surface area contributed by atoms with Crippen molar-refractivity contribution in [3.63, 3.8) is 0 Å². The van der Waals surface area contributed by atoms with Gasteiger partial charge >= 0.3 is 0 Å². The summed E-state index contributed by atoms with van der Waals surface area (Å²) in [5.41, 5.74) is 0.899. The Hall–Kier alpha value is -0.670. The van der Waals surface area contributed by atoms with Crippen LogP contribution in [0.3, 0.4) is 0 Å². The summed E-state index contributed by atoms with van der Waals surface area (Å²) in [6.07, 6.45) is 1.87. The van der Waals surface area contributed by atoms with Gasteiger partial charge in [0.25, 0.3) is 0 Å². The van der Waals surface area contributed by atoms with Crippen LogP contribution in [0.5, 0.6) is 0 Å². The minimum absolute atomic E-state index is 0.217. The maximum atomic E-state index is 5.36. The zero-order chi connectivity index (χ0) is 11.1. The number of hydrogen-bond acceptors (Lipinski definition) is 2. The van der Waals surface area contributed by atoms with Crippen molar-refractivity contribution in [3.8, 4) is 0 Å². The molecule has 0 aliphatic rings. The van der Waals surface area contributed by atoms with Gasteiger partial charge in [-0.2, -0.15) is 0 Å². The second-order valence-electron chi connectivity index (χ2n) is 3.67. The molecule has 0 radical (unpaired) electrons. The van der Waals surface area contributed by atoms with Crippen LogP contribution in [0, 0.1) is 0 Å². The Labute approximate surface area is 99.5 Å². The van der Waals surface area contributed by atoms with E-state index in [1.165, 1.54) is 0 Å². The summed E-state index contributed by atoms with van der Waals surface area (Å²) >= 11 is 3.42. The number of alkyl halides is 1. The van der Waals surface area contributed by atoms with Gasteiger partial charge in [0.15, 0.2) is 0 Å². The SMILES string of the molecule is CO[C@](C)(CBr)CN=Cc1ccccc1. The molecule has 0 amide bonds. The third kappa shape index (κ3) is 4.14. The molecule has 0 fully saturated rings. The Morgan fingerprint density at radius 1 is 1.40 bits per heavy atom. The number of methoxy groups -OCH3 is 1. The van der Waals surface area contributed by atoms with Crippen LogP contribution < -0.4 is 0 Å². The van der Waals surface area contributed by atoms with Crippen molar-refractivity contribution in [1.29, 1.82) is 0 Å². The molecule has 0 aliphatic heterocycles. The second kappa shape index (κ2) is 6.03. The fourth-order valence-corrected chi connectivity index (χ4v) is 1.45. The third-order valence-corrected chi connectivity index (χ3v) is 3.43. The summed E-state index contributed by atoms with van der Waals surface area (Å²) in [6, 6.07) is 10.1. The molecule has 0 spiro atoms. The standard InChI is InChI=1S/C12H16BrNO/c1-12(9-13,15-2)10-14-8-11-6-4-3-5-7-11/h3-8H,9-10H2,1-2H3/t12-/m1/s1. The van der Waals surface area contributed by atoms with Crippen molar-refractivity contribution < 1.29 is 4.74 Å². The van der Waals surface area contributed by atoms with E-state index < -0.39 is 0 Å². The number of nitrogens with zero attached hydrogens (tertiary/aromatic N) is 1. The number of halogens is 1. The van der Waals surface area contributed by atoms with E-state index in [9.17, 15) is 0 Å². The first-order valence-electron chi connectivity index (χ1n) is 4.86. The zero-order valence-corrected chi connectivity index (χ0v) is 10.7. The molecule has 0 bridgehead atoms. The topological polar surface area (TPSA) is 21.6 Å². The molecular formula is C12H16BrNO. The first kappa shape index (κ1) is 12.4. The van der Waals surface area contributed by atoms with Gasteiger partial charge in [-0.05, 0) is 12.5 Å². The highest BCUT2D eigenvalue weighted by Crippen LogP contribution is 2.12. The van der Waals surface area contributed by atoms with Crippen LogP contribution in [0.1, 0.15) is 12.5 Å². The van der Waals surface area contributed by atoms with Gasteiger partial charge in [0, 0.05) is 18.7 Å². The third-order valence-electron chi connectivity index (χ3n) is 2.24. The molecule has 0 aliphatic carbocycles. The summed E-state index contributed by atoms with van der Waals surface area (Å²) in [5, 5.41) is 0.780. The largest absolute Gasteiger partial charge is 0.376 e. The van der Waals surface area contributed by atoms with E-state index in [1.54, 1.807) is 7.11 Å². The normalized spacial score (nSPS) is 15.4. The zero-order valence-electron chi connectivity index (χ0n) is 9.11. The molecule has 1 atom stereocenters. The highest BCUT2D eigenvalue weighted by molar-refractivity contribution is 9.09. The van der Waals surface area contributed by atoms with Gasteiger partial charge < -0.3 is 4.74 Å². The lowest BCUT2D eigenvalue weighted by atomic mass is 10.1. The van der Waals surface area contributed by atoms with Crippen molar-refractivity contribution >= 4 is 22.1 Å². The van der Waals surface area contributed by atoms with Gasteiger partial charge in [0.05, 0.1) is 12.1 Å². The van der Waals surface area contributed by atoms with E-state index in [4.69, 9.17) is 4.74 Å². The smallest absolute Gasteiger partial charge is 0.0941 e. The Balaban J connectivity index is 2.53. The van der Waals surface area contributed by atoms with E-state index >= 15 is 0 Å². The number of ether oxygens (including phenoxy) is 1. The molecule has 0 heterocycles. The highest BCUT2D eigenvalue weighted by atomic mass is 79.9. The van der Waals surface area contributed by atoms with E-state index in [1.807, 2.05) is 43.5 Å². The lowest BCUT2D eigenvalue weighted by Gasteiger charge is -2.22. The molecule has 0 N–H and O–H groups in total. The van der Waals surface area contributed by atoms with Crippen molar-refractivity contribution in [2.75, 3.05) is 19.0 Å². The van der Waals surface area contributed by atoms with E-state index in [-0.39, 0.29) is 5.60 Å². The molecule has 0 saturated heterocycles. The summed E-state index contributed by atoms with van der Waals surface area (Å²) in [6.45, 7) is 2.69. The average Bonchev–Trinajstić information content (AvgIpc) is 2.30. The molecule has 3 heteroatoms. The summed E-state index contributed by atoms with van der Waals surface area (Å²) < 4.78 is 5.36. The van der Waals surface area contributed by atoms with Crippen LogP contribution >= 0.6 is 15.9 Å². The molecule has 1 rings (SSSR count). The van der Waals surface area contributed by atoms with Crippen LogP contribution in [0.2, 0.25) is 0 Å². The fraction of sp³-hybridized carbons (Fsp3) is 0.417. The summed E-state index contributed by atoms with van der Waals surface area (Å²) in [4.78, 5) is 4.38. The quantitative estimate of drug-likeness (QED) is 0.595. The molecule has 1 aromatic rings. The maximum Gasteiger partial charge on any atom is 0.0941 e. The first-order chi connectivity index (χ1) is 7.20. The van der Waals surface area contributed by atoms with E-state index in [0.717, 1.165) is 10.9 Å². The number of hydrogen-bond donors (Lipinski definition) is 0. The predicted molar refractivity (Wildman–Crippen MR) is 68.1 cm³/mol. The van der Waals surface area contributed by atoms with Gasteiger partial charge in [-0.3, -0.25) is 4.99 Å². The van der Waals surface area contributed by atoms with Gasteiger partial charge in [-0.15, -0.1) is 0 Å². The minimum Gasteiger partial charge on any atom is -0.376 e. The Bertz CT molecular complexity index is 307. The van der Waals surface area contributed by atoms with Crippen LogP contribution in [0.15, 0.2) is 35.3 Å². The fourth-order valence-electron chi connectivity index (χ4n) is 1.04. The lowest BCUT2D eigenvalue weighted by Crippen LogP contribution is -2.32. The number of aliphatic imine (C=N–C) groups is 1. The van der Waals surface area contributed by atoms with Crippen LogP contribution in [0.4, 0.5) is 0 Å². The molecule has 0 unspecified atom stereocenters. The summed E-state index contributed by atoms with van der Waals surface area (Å²) in [5.74, 6) is 0. The molecule has 0 saturated carbocycles. The van der Waals surface area contributed by atoms with Crippen molar-refractivity contribution in [1.82, 2.24) is 0 Å². The highest BCUT2D eigenvalue weighted by Gasteiger charge is 2.20. The van der Waals surface area contributed by atoms with Crippen LogP contribution in [0.25, 0.3) is 0 Å². The Kier molecular flexibility index (Phi) is 4.99. The van der Waals surface area contributed by atoms with Gasteiger partial charge in [-0.25, -0.2) is 0 Å². The molecule has 2 nitrogen and oxygen atoms in total. The van der Waals surface area contributed by atoms with Gasteiger partial charge in [-0.1, -0.05) is 46.3 Å². The minimum atomic E-state index is -0.217. The van der Waals surface area contributed by atoms with Gasteiger partial charge in [0.2, 0.25) is 0 Å². The monoisotopic (exact) mass is 269 g/mol. The second-order valence-corrected chi connectivity index (χ2v) is 4.23. The molecule has 0 aromatic heterocycles. The Morgan fingerprint density at radius 2 is 2.07 bits per heavy atom.